The first kappa shape index (κ1) is 18.5. The summed E-state index contributed by atoms with van der Waals surface area (Å²) in [6.07, 6.45) is 0.260. The number of anilines is 1. The van der Waals surface area contributed by atoms with Crippen LogP contribution in [0.5, 0.6) is 11.5 Å². The fraction of sp³-hybridized carbons (Fsp3) is 0.579. The second-order valence-electron chi connectivity index (χ2n) is 6.95. The molecule has 0 saturated carbocycles. The number of rotatable bonds is 4. The van der Waals surface area contributed by atoms with Crippen LogP contribution in [-0.4, -0.2) is 62.8 Å². The van der Waals surface area contributed by atoms with Crippen LogP contribution in [0.4, 0.5) is 5.69 Å². The van der Waals surface area contributed by atoms with Gasteiger partial charge < -0.3 is 24.0 Å². The van der Waals surface area contributed by atoms with Gasteiger partial charge in [0.2, 0.25) is 11.8 Å². The molecule has 1 aromatic rings. The van der Waals surface area contributed by atoms with Gasteiger partial charge in [0.15, 0.2) is 11.5 Å². The van der Waals surface area contributed by atoms with Gasteiger partial charge in [-0.3, -0.25) is 9.59 Å². The number of ether oxygens (including phenoxy) is 3. The molecule has 3 rings (SSSR count). The Morgan fingerprint density at radius 2 is 1.73 bits per heavy atom. The summed E-state index contributed by atoms with van der Waals surface area (Å²) >= 11 is 0. The quantitative estimate of drug-likeness (QED) is 0.815. The summed E-state index contributed by atoms with van der Waals surface area (Å²) in [5, 5.41) is 0. The number of methoxy groups -OCH3 is 2. The van der Waals surface area contributed by atoms with Gasteiger partial charge in [0.05, 0.1) is 32.3 Å². The third-order valence-electron chi connectivity index (χ3n) is 4.88. The summed E-state index contributed by atoms with van der Waals surface area (Å²) in [5.74, 6) is 0.816. The molecule has 2 saturated heterocycles. The third-order valence-corrected chi connectivity index (χ3v) is 4.88. The Balaban J connectivity index is 1.73. The second kappa shape index (κ2) is 7.53. The summed E-state index contributed by atoms with van der Waals surface area (Å²) < 4.78 is 16.2. The minimum absolute atomic E-state index is 0.0155. The maximum Gasteiger partial charge on any atom is 0.228 e. The molecule has 0 spiro atoms. The van der Waals surface area contributed by atoms with Crippen molar-refractivity contribution in [3.8, 4) is 11.5 Å². The van der Waals surface area contributed by atoms with Crippen molar-refractivity contribution in [3.05, 3.63) is 18.2 Å². The van der Waals surface area contributed by atoms with E-state index in [4.69, 9.17) is 14.2 Å². The fourth-order valence-electron chi connectivity index (χ4n) is 3.73. The van der Waals surface area contributed by atoms with Crippen LogP contribution >= 0.6 is 0 Å². The minimum Gasteiger partial charge on any atom is -0.493 e. The highest BCUT2D eigenvalue weighted by Crippen LogP contribution is 2.34. The molecule has 2 heterocycles. The van der Waals surface area contributed by atoms with Gasteiger partial charge in [-0.1, -0.05) is 0 Å². The van der Waals surface area contributed by atoms with E-state index in [-0.39, 0.29) is 36.4 Å². The van der Waals surface area contributed by atoms with Crippen molar-refractivity contribution in [1.82, 2.24) is 4.90 Å². The number of carbonyl (C=O) groups is 2. The molecule has 142 valence electrons. The molecule has 0 bridgehead atoms. The minimum atomic E-state index is -0.326. The average molecular weight is 362 g/mol. The van der Waals surface area contributed by atoms with Crippen LogP contribution in [0, 0.1) is 5.92 Å². The smallest absolute Gasteiger partial charge is 0.228 e. The maximum absolute atomic E-state index is 12.9. The van der Waals surface area contributed by atoms with Gasteiger partial charge in [-0.2, -0.15) is 0 Å². The molecule has 0 N–H and O–H groups in total. The monoisotopic (exact) mass is 362 g/mol. The summed E-state index contributed by atoms with van der Waals surface area (Å²) in [7, 11) is 3.12. The van der Waals surface area contributed by atoms with Crippen LogP contribution in [0.15, 0.2) is 18.2 Å². The van der Waals surface area contributed by atoms with Gasteiger partial charge in [-0.05, 0) is 26.0 Å². The molecule has 2 amide bonds. The molecule has 2 aliphatic heterocycles. The predicted molar refractivity (Wildman–Crippen MR) is 96.6 cm³/mol. The van der Waals surface area contributed by atoms with Crippen molar-refractivity contribution in [1.29, 1.82) is 0 Å². The van der Waals surface area contributed by atoms with Crippen molar-refractivity contribution in [3.63, 3.8) is 0 Å². The average Bonchev–Trinajstić information content (AvgIpc) is 3.01. The Bertz CT molecular complexity index is 683. The lowest BCUT2D eigenvalue weighted by Crippen LogP contribution is -2.50. The van der Waals surface area contributed by atoms with E-state index in [9.17, 15) is 9.59 Å². The highest BCUT2D eigenvalue weighted by atomic mass is 16.5. The zero-order chi connectivity index (χ0) is 18.8. The molecule has 0 unspecified atom stereocenters. The zero-order valence-corrected chi connectivity index (χ0v) is 15.7. The van der Waals surface area contributed by atoms with Crippen LogP contribution in [0.25, 0.3) is 0 Å². The molecule has 2 aliphatic rings. The van der Waals surface area contributed by atoms with Gasteiger partial charge in [0, 0.05) is 37.8 Å². The highest BCUT2D eigenvalue weighted by molar-refractivity contribution is 6.00. The lowest BCUT2D eigenvalue weighted by atomic mass is 10.1. The molecule has 0 radical (unpaired) electrons. The number of amides is 2. The van der Waals surface area contributed by atoms with Crippen molar-refractivity contribution >= 4 is 17.5 Å². The third kappa shape index (κ3) is 3.62. The number of nitrogens with zero attached hydrogens (tertiary/aromatic N) is 2. The largest absolute Gasteiger partial charge is 0.493 e. The molecular formula is C19H26N2O5. The van der Waals surface area contributed by atoms with Gasteiger partial charge in [-0.25, -0.2) is 0 Å². The Hall–Kier alpha value is -2.28. The molecule has 3 atom stereocenters. The summed E-state index contributed by atoms with van der Waals surface area (Å²) in [6.45, 7) is 5.46. The number of hydrogen-bond acceptors (Lipinski definition) is 5. The summed E-state index contributed by atoms with van der Waals surface area (Å²) in [6, 6.07) is 5.34. The van der Waals surface area contributed by atoms with Crippen molar-refractivity contribution in [2.45, 2.75) is 32.5 Å². The van der Waals surface area contributed by atoms with E-state index in [1.54, 1.807) is 31.3 Å². The van der Waals surface area contributed by atoms with E-state index in [1.165, 1.54) is 0 Å². The molecule has 2 fully saturated rings. The van der Waals surface area contributed by atoms with Crippen LogP contribution < -0.4 is 14.4 Å². The Morgan fingerprint density at radius 1 is 1.08 bits per heavy atom. The highest BCUT2D eigenvalue weighted by Gasteiger charge is 2.39. The van der Waals surface area contributed by atoms with E-state index >= 15 is 0 Å². The van der Waals surface area contributed by atoms with Gasteiger partial charge >= 0.3 is 0 Å². The number of morpholine rings is 1. The summed E-state index contributed by atoms with van der Waals surface area (Å²) in [5.41, 5.74) is 0.715. The molecule has 1 aromatic carbocycles. The number of benzene rings is 1. The van der Waals surface area contributed by atoms with Crippen LogP contribution in [0.3, 0.4) is 0 Å². The second-order valence-corrected chi connectivity index (χ2v) is 6.95. The Kier molecular flexibility index (Phi) is 5.36. The first-order valence-electron chi connectivity index (χ1n) is 8.89. The van der Waals surface area contributed by atoms with E-state index in [1.807, 2.05) is 24.8 Å². The fourth-order valence-corrected chi connectivity index (χ4v) is 3.73. The summed E-state index contributed by atoms with van der Waals surface area (Å²) in [4.78, 5) is 28.9. The maximum atomic E-state index is 12.9. The van der Waals surface area contributed by atoms with Gasteiger partial charge in [0.25, 0.3) is 0 Å². The van der Waals surface area contributed by atoms with Crippen LogP contribution in [0.2, 0.25) is 0 Å². The van der Waals surface area contributed by atoms with E-state index in [0.29, 0.717) is 36.8 Å². The molecule has 7 heteroatoms. The first-order valence-corrected chi connectivity index (χ1v) is 8.89. The van der Waals surface area contributed by atoms with Crippen molar-refractivity contribution in [2.75, 3.05) is 38.8 Å². The molecule has 0 aromatic heterocycles. The molecule has 0 aliphatic carbocycles. The van der Waals surface area contributed by atoms with Crippen LogP contribution in [-0.2, 0) is 14.3 Å². The van der Waals surface area contributed by atoms with Gasteiger partial charge in [-0.15, -0.1) is 0 Å². The zero-order valence-electron chi connectivity index (χ0n) is 15.7. The topological polar surface area (TPSA) is 68.3 Å². The molecular weight excluding hydrogens is 336 g/mol. The van der Waals surface area contributed by atoms with E-state index in [2.05, 4.69) is 0 Å². The van der Waals surface area contributed by atoms with Crippen molar-refractivity contribution in [2.24, 2.45) is 5.92 Å². The predicted octanol–water partition coefficient (Wildman–Crippen LogP) is 1.69. The Morgan fingerprint density at radius 3 is 2.35 bits per heavy atom. The lowest BCUT2D eigenvalue weighted by molar-refractivity contribution is -0.147. The van der Waals surface area contributed by atoms with Gasteiger partial charge in [0.1, 0.15) is 0 Å². The molecule has 7 nitrogen and oxygen atoms in total. The lowest BCUT2D eigenvalue weighted by Gasteiger charge is -2.36. The normalized spacial score (nSPS) is 26.2. The van der Waals surface area contributed by atoms with Crippen molar-refractivity contribution < 1.29 is 23.8 Å². The Labute approximate surface area is 153 Å². The first-order chi connectivity index (χ1) is 12.4. The molecule has 26 heavy (non-hydrogen) atoms. The number of hydrogen-bond donors (Lipinski definition) is 0. The van der Waals surface area contributed by atoms with E-state index < -0.39 is 0 Å². The van der Waals surface area contributed by atoms with E-state index in [0.717, 1.165) is 0 Å². The standard InChI is InChI=1S/C19H26N2O5/c1-12-9-20(10-13(2)26-12)19(23)14-7-18(22)21(11-14)15-5-6-16(24-3)17(8-15)25-4/h5-6,8,12-14H,7,9-11H2,1-4H3/t12-,13+,14-/m1/s1. The van der Waals surface area contributed by atoms with Crippen LogP contribution in [0.1, 0.15) is 20.3 Å². The number of carbonyl (C=O) groups excluding carboxylic acids is 2. The SMILES string of the molecule is COc1ccc(N2C[C@H](C(=O)N3C[C@@H](C)O[C@@H](C)C3)CC2=O)cc1OC.